The molecule has 0 aromatic heterocycles. The maximum Gasteiger partial charge on any atom is 0.240 e. The van der Waals surface area contributed by atoms with Crippen molar-refractivity contribution in [2.75, 3.05) is 0 Å². The fourth-order valence-corrected chi connectivity index (χ4v) is 0.887. The van der Waals surface area contributed by atoms with Gasteiger partial charge in [0.1, 0.15) is 5.69 Å². The molecule has 1 rings (SSSR count). The van der Waals surface area contributed by atoms with Gasteiger partial charge in [-0.05, 0) is 18.6 Å². The third kappa shape index (κ3) is 1.60. The minimum Gasteiger partial charge on any atom is -0.211 e. The molecule has 0 bridgehead atoms. The standard InChI is InChI=1S/C8H4F3NO/c1-4-2-5(9)6(10)7(11)8(4)12-3-13/h2H,1H3. The Hall–Kier alpha value is -1.61. The zero-order chi connectivity index (χ0) is 10.0. The van der Waals surface area contributed by atoms with E-state index in [9.17, 15) is 18.0 Å². The minimum absolute atomic E-state index is 0.0414. The monoisotopic (exact) mass is 187 g/mol. The SMILES string of the molecule is Cc1cc(F)c(F)c(F)c1N=C=O. The van der Waals surface area contributed by atoms with E-state index >= 15 is 0 Å². The van der Waals surface area contributed by atoms with Crippen LogP contribution in [0.5, 0.6) is 0 Å². The molecule has 0 aliphatic carbocycles. The van der Waals surface area contributed by atoms with Crippen LogP contribution < -0.4 is 0 Å². The number of nitrogens with zero attached hydrogens (tertiary/aromatic N) is 1. The number of hydrogen-bond acceptors (Lipinski definition) is 2. The average Bonchev–Trinajstić information content (AvgIpc) is 2.09. The van der Waals surface area contributed by atoms with E-state index in [-0.39, 0.29) is 5.56 Å². The highest BCUT2D eigenvalue weighted by molar-refractivity contribution is 5.54. The molecule has 0 aliphatic heterocycles. The van der Waals surface area contributed by atoms with Crippen LogP contribution in [0.3, 0.4) is 0 Å². The van der Waals surface area contributed by atoms with Crippen molar-refractivity contribution in [3.05, 3.63) is 29.1 Å². The quantitative estimate of drug-likeness (QED) is 0.377. The molecule has 0 saturated carbocycles. The molecule has 2 nitrogen and oxygen atoms in total. The van der Waals surface area contributed by atoms with Crippen LogP contribution in [0.25, 0.3) is 0 Å². The van der Waals surface area contributed by atoms with Crippen LogP contribution in [0.15, 0.2) is 11.1 Å². The Labute approximate surface area is 71.7 Å². The first kappa shape index (κ1) is 9.48. The Morgan fingerprint density at radius 2 is 1.92 bits per heavy atom. The highest BCUT2D eigenvalue weighted by Gasteiger charge is 2.15. The van der Waals surface area contributed by atoms with E-state index in [0.717, 1.165) is 12.1 Å². The number of aryl methyl sites for hydroxylation is 1. The molecular weight excluding hydrogens is 183 g/mol. The summed E-state index contributed by atoms with van der Waals surface area (Å²) in [6.45, 7) is 1.31. The summed E-state index contributed by atoms with van der Waals surface area (Å²) in [6.07, 6.45) is 1.06. The Morgan fingerprint density at radius 1 is 1.31 bits per heavy atom. The summed E-state index contributed by atoms with van der Waals surface area (Å²) in [6, 6.07) is 0.759. The molecule has 0 amide bonds. The van der Waals surface area contributed by atoms with Gasteiger partial charge in [-0.1, -0.05) is 0 Å². The molecule has 0 heterocycles. The number of benzene rings is 1. The zero-order valence-electron chi connectivity index (χ0n) is 6.57. The summed E-state index contributed by atoms with van der Waals surface area (Å²) < 4.78 is 37.9. The number of isocyanates is 1. The molecule has 0 spiro atoms. The Kier molecular flexibility index (Phi) is 2.49. The van der Waals surface area contributed by atoms with Crippen LogP contribution in [0.2, 0.25) is 0 Å². The summed E-state index contributed by atoms with van der Waals surface area (Å²) >= 11 is 0. The summed E-state index contributed by atoms with van der Waals surface area (Å²) in [5.41, 5.74) is -0.478. The van der Waals surface area contributed by atoms with Crippen molar-refractivity contribution in [1.29, 1.82) is 0 Å². The van der Waals surface area contributed by atoms with E-state index in [2.05, 4.69) is 4.99 Å². The lowest BCUT2D eigenvalue weighted by Crippen LogP contribution is -1.93. The van der Waals surface area contributed by atoms with Gasteiger partial charge in [-0.15, -0.1) is 0 Å². The van der Waals surface area contributed by atoms with E-state index < -0.39 is 23.1 Å². The molecular formula is C8H4F3NO. The van der Waals surface area contributed by atoms with Crippen molar-refractivity contribution in [1.82, 2.24) is 0 Å². The number of halogens is 3. The predicted octanol–water partition coefficient (Wildman–Crippen LogP) is 2.38. The van der Waals surface area contributed by atoms with Crippen molar-refractivity contribution in [3.63, 3.8) is 0 Å². The van der Waals surface area contributed by atoms with Crippen LogP contribution in [-0.2, 0) is 4.79 Å². The second-order valence-electron chi connectivity index (χ2n) is 2.35. The van der Waals surface area contributed by atoms with Gasteiger partial charge in [-0.3, -0.25) is 0 Å². The van der Waals surface area contributed by atoms with Gasteiger partial charge in [-0.2, -0.15) is 4.99 Å². The van der Waals surface area contributed by atoms with E-state index in [0.29, 0.717) is 0 Å². The van der Waals surface area contributed by atoms with Gasteiger partial charge < -0.3 is 0 Å². The second-order valence-corrected chi connectivity index (χ2v) is 2.35. The smallest absolute Gasteiger partial charge is 0.211 e. The lowest BCUT2D eigenvalue weighted by atomic mass is 10.2. The van der Waals surface area contributed by atoms with Gasteiger partial charge in [0.25, 0.3) is 0 Å². The fraction of sp³-hybridized carbons (Fsp3) is 0.125. The molecule has 5 heteroatoms. The van der Waals surface area contributed by atoms with Gasteiger partial charge in [0.2, 0.25) is 6.08 Å². The molecule has 13 heavy (non-hydrogen) atoms. The first-order valence-electron chi connectivity index (χ1n) is 3.30. The summed E-state index contributed by atoms with van der Waals surface area (Å²) in [4.78, 5) is 12.7. The Bertz CT molecular complexity index is 397. The molecule has 0 atom stereocenters. The number of rotatable bonds is 1. The maximum absolute atomic E-state index is 12.8. The van der Waals surface area contributed by atoms with E-state index in [1.807, 2.05) is 0 Å². The third-order valence-electron chi connectivity index (χ3n) is 1.48. The van der Waals surface area contributed by atoms with Crippen molar-refractivity contribution in [2.45, 2.75) is 6.92 Å². The van der Waals surface area contributed by atoms with Crippen molar-refractivity contribution < 1.29 is 18.0 Å². The maximum atomic E-state index is 12.8. The summed E-state index contributed by atoms with van der Waals surface area (Å²) in [5.74, 6) is -4.42. The Balaban J connectivity index is 3.52. The van der Waals surface area contributed by atoms with Crippen molar-refractivity contribution >= 4 is 11.8 Å². The van der Waals surface area contributed by atoms with Gasteiger partial charge in [0, 0.05) is 0 Å². The normalized spacial score (nSPS) is 9.54. The van der Waals surface area contributed by atoms with Gasteiger partial charge in [-0.25, -0.2) is 18.0 Å². The molecule has 68 valence electrons. The van der Waals surface area contributed by atoms with Gasteiger partial charge in [0.15, 0.2) is 17.5 Å². The van der Waals surface area contributed by atoms with E-state index in [1.54, 1.807) is 0 Å². The lowest BCUT2D eigenvalue weighted by molar-refractivity contribution is 0.447. The number of carbonyl (C=O) groups excluding carboxylic acids is 1. The molecule has 0 fully saturated rings. The fourth-order valence-electron chi connectivity index (χ4n) is 0.887. The largest absolute Gasteiger partial charge is 0.240 e. The number of hydrogen-bond donors (Lipinski definition) is 0. The molecule has 0 aliphatic rings. The third-order valence-corrected chi connectivity index (χ3v) is 1.48. The highest BCUT2D eigenvalue weighted by atomic mass is 19.2. The molecule has 1 aromatic carbocycles. The lowest BCUT2D eigenvalue weighted by Gasteiger charge is -2.01. The predicted molar refractivity (Wildman–Crippen MR) is 38.8 cm³/mol. The van der Waals surface area contributed by atoms with Crippen molar-refractivity contribution in [3.8, 4) is 0 Å². The molecule has 0 unspecified atom stereocenters. The van der Waals surface area contributed by atoms with Crippen LogP contribution in [0.4, 0.5) is 18.9 Å². The molecule has 1 aromatic rings. The topological polar surface area (TPSA) is 29.4 Å². The van der Waals surface area contributed by atoms with Crippen LogP contribution in [-0.4, -0.2) is 6.08 Å². The number of aliphatic imine (C=N–C) groups is 1. The average molecular weight is 187 g/mol. The van der Waals surface area contributed by atoms with Crippen LogP contribution in [0, 0.1) is 24.4 Å². The van der Waals surface area contributed by atoms with Crippen LogP contribution in [0.1, 0.15) is 5.56 Å². The van der Waals surface area contributed by atoms with E-state index in [1.165, 1.54) is 6.92 Å². The zero-order valence-corrected chi connectivity index (χ0v) is 6.57. The molecule has 0 radical (unpaired) electrons. The summed E-state index contributed by atoms with van der Waals surface area (Å²) in [5, 5.41) is 0. The highest BCUT2D eigenvalue weighted by Crippen LogP contribution is 2.26. The Morgan fingerprint density at radius 3 is 2.46 bits per heavy atom. The van der Waals surface area contributed by atoms with Crippen LogP contribution >= 0.6 is 0 Å². The first-order chi connectivity index (χ1) is 6.07. The van der Waals surface area contributed by atoms with Crippen molar-refractivity contribution in [2.24, 2.45) is 4.99 Å². The second kappa shape index (κ2) is 3.41. The minimum atomic E-state index is -1.64. The molecule has 0 N–H and O–H groups in total. The van der Waals surface area contributed by atoms with E-state index in [4.69, 9.17) is 0 Å². The van der Waals surface area contributed by atoms with Gasteiger partial charge in [0.05, 0.1) is 0 Å². The first-order valence-corrected chi connectivity index (χ1v) is 3.30. The molecule has 0 saturated heterocycles. The van der Waals surface area contributed by atoms with Gasteiger partial charge >= 0.3 is 0 Å². The summed E-state index contributed by atoms with van der Waals surface area (Å²) in [7, 11) is 0.